The van der Waals surface area contributed by atoms with Gasteiger partial charge in [0.15, 0.2) is 5.11 Å². The number of rotatable bonds is 4. The number of pyridine rings is 1. The number of thiocarbonyl (C=S) groups is 1. The van der Waals surface area contributed by atoms with Gasteiger partial charge in [0.05, 0.1) is 6.54 Å². The van der Waals surface area contributed by atoms with E-state index in [4.69, 9.17) is 12.2 Å². The second kappa shape index (κ2) is 6.91. The van der Waals surface area contributed by atoms with E-state index < -0.39 is 12.0 Å². The van der Waals surface area contributed by atoms with Gasteiger partial charge in [0, 0.05) is 6.20 Å². The third-order valence-corrected chi connectivity index (χ3v) is 2.81. The van der Waals surface area contributed by atoms with Crippen molar-refractivity contribution in [3.05, 3.63) is 60.0 Å². The molecular weight excluding hydrogens is 280 g/mol. The van der Waals surface area contributed by atoms with Gasteiger partial charge in [0.25, 0.3) is 0 Å². The van der Waals surface area contributed by atoms with Crippen LogP contribution in [0.5, 0.6) is 0 Å². The van der Waals surface area contributed by atoms with E-state index in [-0.39, 0.29) is 17.2 Å². The minimum Gasteiger partial charge on any atom is -0.359 e. The van der Waals surface area contributed by atoms with Crippen molar-refractivity contribution in [1.29, 1.82) is 0 Å². The van der Waals surface area contributed by atoms with E-state index in [2.05, 4.69) is 15.6 Å². The van der Waals surface area contributed by atoms with Gasteiger partial charge in [0.2, 0.25) is 0 Å². The van der Waals surface area contributed by atoms with Crippen LogP contribution in [0.15, 0.2) is 48.7 Å². The third kappa shape index (κ3) is 4.24. The Morgan fingerprint density at radius 1 is 1.25 bits per heavy atom. The quantitative estimate of drug-likeness (QED) is 0.849. The lowest BCUT2D eigenvalue weighted by Gasteiger charge is -2.13. The van der Waals surface area contributed by atoms with Crippen molar-refractivity contribution in [3.63, 3.8) is 0 Å². The van der Waals surface area contributed by atoms with Gasteiger partial charge in [-0.15, -0.1) is 0 Å². The zero-order valence-corrected chi connectivity index (χ0v) is 11.3. The highest BCUT2D eigenvalue weighted by atomic mass is 32.1. The number of alkyl halides is 1. The van der Waals surface area contributed by atoms with Crippen molar-refractivity contribution >= 4 is 23.1 Å². The van der Waals surface area contributed by atoms with E-state index >= 15 is 0 Å². The first kappa shape index (κ1) is 14.3. The largest absolute Gasteiger partial charge is 0.359 e. The van der Waals surface area contributed by atoms with E-state index in [1.54, 1.807) is 18.3 Å². The molecular formula is C14H13F2N3S. The Balaban J connectivity index is 1.84. The van der Waals surface area contributed by atoms with Gasteiger partial charge in [-0.1, -0.05) is 18.2 Å². The molecule has 2 aromatic rings. The highest BCUT2D eigenvalue weighted by Crippen LogP contribution is 2.17. The van der Waals surface area contributed by atoms with Crippen LogP contribution in [0.3, 0.4) is 0 Å². The van der Waals surface area contributed by atoms with Crippen molar-refractivity contribution in [2.24, 2.45) is 0 Å². The molecule has 0 bridgehead atoms. The fourth-order valence-corrected chi connectivity index (χ4v) is 1.79. The van der Waals surface area contributed by atoms with Crippen LogP contribution in [0.25, 0.3) is 0 Å². The molecule has 1 unspecified atom stereocenters. The molecule has 2 N–H and O–H groups in total. The van der Waals surface area contributed by atoms with Crippen LogP contribution in [0.4, 0.5) is 14.6 Å². The monoisotopic (exact) mass is 293 g/mol. The molecule has 0 saturated carbocycles. The standard InChI is InChI=1S/C14H13F2N3S/c15-11-5-3-4-10(8-11)12(16)9-18-14(20)19-13-6-1-2-7-17-13/h1-8,12H,9H2,(H2,17,18,19,20). The Hall–Kier alpha value is -2.08. The Kier molecular flexibility index (Phi) is 4.95. The summed E-state index contributed by atoms with van der Waals surface area (Å²) in [7, 11) is 0. The van der Waals surface area contributed by atoms with Crippen LogP contribution >= 0.6 is 12.2 Å². The Morgan fingerprint density at radius 2 is 2.10 bits per heavy atom. The predicted molar refractivity (Wildman–Crippen MR) is 78.7 cm³/mol. The van der Waals surface area contributed by atoms with Crippen molar-refractivity contribution in [2.75, 3.05) is 11.9 Å². The summed E-state index contributed by atoms with van der Waals surface area (Å²) in [4.78, 5) is 4.03. The van der Waals surface area contributed by atoms with Gasteiger partial charge in [-0.2, -0.15) is 0 Å². The SMILES string of the molecule is Fc1cccc(C(F)CNC(=S)Nc2ccccn2)c1. The number of hydrogen-bond acceptors (Lipinski definition) is 2. The average Bonchev–Trinajstić information content (AvgIpc) is 2.46. The maximum atomic E-state index is 13.9. The minimum absolute atomic E-state index is 0.0396. The molecule has 0 radical (unpaired) electrons. The molecule has 0 amide bonds. The molecule has 0 fully saturated rings. The highest BCUT2D eigenvalue weighted by molar-refractivity contribution is 7.80. The lowest BCUT2D eigenvalue weighted by molar-refractivity contribution is 0.342. The molecule has 3 nitrogen and oxygen atoms in total. The van der Waals surface area contributed by atoms with E-state index in [9.17, 15) is 8.78 Å². The van der Waals surface area contributed by atoms with Gasteiger partial charge in [-0.05, 0) is 42.0 Å². The molecule has 1 aromatic heterocycles. The van der Waals surface area contributed by atoms with Crippen LogP contribution in [-0.2, 0) is 0 Å². The van der Waals surface area contributed by atoms with Crippen LogP contribution in [-0.4, -0.2) is 16.6 Å². The molecule has 1 heterocycles. The summed E-state index contributed by atoms with van der Waals surface area (Å²) < 4.78 is 26.9. The predicted octanol–water partition coefficient (Wildman–Crippen LogP) is 3.22. The van der Waals surface area contributed by atoms with E-state index in [1.165, 1.54) is 24.3 Å². The summed E-state index contributed by atoms with van der Waals surface area (Å²) in [6.45, 7) is -0.0396. The Morgan fingerprint density at radius 3 is 2.80 bits per heavy atom. The fraction of sp³-hybridized carbons (Fsp3) is 0.143. The van der Waals surface area contributed by atoms with Crippen LogP contribution in [0.2, 0.25) is 0 Å². The number of benzene rings is 1. The maximum Gasteiger partial charge on any atom is 0.172 e. The summed E-state index contributed by atoms with van der Waals surface area (Å²) in [5.41, 5.74) is 0.276. The van der Waals surface area contributed by atoms with Crippen LogP contribution in [0.1, 0.15) is 11.7 Å². The molecule has 0 aliphatic rings. The average molecular weight is 293 g/mol. The molecule has 0 aliphatic heterocycles. The number of nitrogens with zero attached hydrogens (tertiary/aromatic N) is 1. The lowest BCUT2D eigenvalue weighted by atomic mass is 10.1. The molecule has 0 spiro atoms. The maximum absolute atomic E-state index is 13.9. The van der Waals surface area contributed by atoms with Gasteiger partial charge < -0.3 is 10.6 Å². The molecule has 1 atom stereocenters. The highest BCUT2D eigenvalue weighted by Gasteiger charge is 2.11. The fourth-order valence-electron chi connectivity index (χ4n) is 1.60. The first-order chi connectivity index (χ1) is 9.65. The first-order valence-corrected chi connectivity index (χ1v) is 6.41. The molecule has 6 heteroatoms. The van der Waals surface area contributed by atoms with Gasteiger partial charge in [-0.3, -0.25) is 0 Å². The Bertz CT molecular complexity index is 578. The van der Waals surface area contributed by atoms with E-state index in [0.717, 1.165) is 0 Å². The number of halogens is 2. The third-order valence-electron chi connectivity index (χ3n) is 2.56. The number of hydrogen-bond donors (Lipinski definition) is 2. The number of nitrogens with one attached hydrogen (secondary N) is 2. The Labute approximate surface area is 121 Å². The topological polar surface area (TPSA) is 37.0 Å². The normalized spacial score (nSPS) is 11.7. The smallest absolute Gasteiger partial charge is 0.172 e. The van der Waals surface area contributed by atoms with Gasteiger partial charge >= 0.3 is 0 Å². The van der Waals surface area contributed by atoms with Crippen LogP contribution < -0.4 is 10.6 Å². The molecule has 2 rings (SSSR count). The lowest BCUT2D eigenvalue weighted by Crippen LogP contribution is -2.31. The van der Waals surface area contributed by atoms with Crippen LogP contribution in [0, 0.1) is 5.82 Å². The summed E-state index contributed by atoms with van der Waals surface area (Å²) in [6, 6.07) is 10.8. The summed E-state index contributed by atoms with van der Waals surface area (Å²) in [5, 5.41) is 5.83. The molecule has 0 aliphatic carbocycles. The second-order valence-corrected chi connectivity index (χ2v) is 4.48. The number of aromatic nitrogens is 1. The van der Waals surface area contributed by atoms with E-state index in [1.807, 2.05) is 6.07 Å². The van der Waals surface area contributed by atoms with E-state index in [0.29, 0.717) is 5.82 Å². The van der Waals surface area contributed by atoms with Crippen molar-refractivity contribution in [2.45, 2.75) is 6.17 Å². The summed E-state index contributed by atoms with van der Waals surface area (Å²) in [6.07, 6.45) is 0.282. The first-order valence-electron chi connectivity index (χ1n) is 6.00. The van der Waals surface area contributed by atoms with Gasteiger partial charge in [0.1, 0.15) is 17.8 Å². The minimum atomic E-state index is -1.34. The van der Waals surface area contributed by atoms with Crippen molar-refractivity contribution < 1.29 is 8.78 Å². The molecule has 0 saturated heterocycles. The second-order valence-electron chi connectivity index (χ2n) is 4.07. The summed E-state index contributed by atoms with van der Waals surface area (Å²) >= 11 is 5.03. The summed E-state index contributed by atoms with van der Waals surface area (Å²) in [5.74, 6) is 0.116. The van der Waals surface area contributed by atoms with Crippen molar-refractivity contribution in [1.82, 2.24) is 10.3 Å². The molecule has 1 aromatic carbocycles. The zero-order valence-electron chi connectivity index (χ0n) is 10.5. The number of anilines is 1. The van der Waals surface area contributed by atoms with Gasteiger partial charge in [-0.25, -0.2) is 13.8 Å². The molecule has 104 valence electrons. The zero-order chi connectivity index (χ0) is 14.4. The van der Waals surface area contributed by atoms with Crippen molar-refractivity contribution in [3.8, 4) is 0 Å². The molecule has 20 heavy (non-hydrogen) atoms.